The van der Waals surface area contributed by atoms with Gasteiger partial charge < -0.3 is 18.8 Å². The Morgan fingerprint density at radius 1 is 1.25 bits per heavy atom. The third-order valence-corrected chi connectivity index (χ3v) is 6.05. The Morgan fingerprint density at radius 2 is 2.11 bits per heavy atom. The van der Waals surface area contributed by atoms with Crippen LogP contribution in [-0.2, 0) is 17.8 Å². The fourth-order valence-corrected chi connectivity index (χ4v) is 4.50. The Bertz CT molecular complexity index is 1090. The molecular weight excluding hydrogens is 396 g/mol. The molecule has 4 rings (SSSR count). The third kappa shape index (κ3) is 3.88. The number of hydrogen-bond donors (Lipinski definition) is 0. The van der Waals surface area contributed by atoms with Crippen molar-refractivity contribution in [2.75, 3.05) is 25.9 Å². The normalized spacial score (nSPS) is 13.3. The number of carbonyl (C=O) groups is 1. The van der Waals surface area contributed by atoms with Crippen LogP contribution in [0.1, 0.15) is 5.56 Å². The highest BCUT2D eigenvalue weighted by molar-refractivity contribution is 7.98. The van der Waals surface area contributed by atoms with Gasteiger partial charge in [0.1, 0.15) is 5.75 Å². The van der Waals surface area contributed by atoms with Crippen molar-refractivity contribution < 1.29 is 19.0 Å². The summed E-state index contributed by atoms with van der Waals surface area (Å²) in [7, 11) is 1.65. The van der Waals surface area contributed by atoms with E-state index in [1.807, 2.05) is 36.4 Å². The minimum Gasteiger partial charge on any atom is -0.497 e. The van der Waals surface area contributed by atoms with Crippen LogP contribution >= 0.6 is 23.1 Å². The van der Waals surface area contributed by atoms with Crippen molar-refractivity contribution in [2.45, 2.75) is 13.0 Å². The lowest BCUT2D eigenvalue weighted by Crippen LogP contribution is -2.18. The Kier molecular flexibility index (Phi) is 5.59. The van der Waals surface area contributed by atoms with Crippen LogP contribution in [0.2, 0.25) is 0 Å². The monoisotopic (exact) mass is 416 g/mol. The van der Waals surface area contributed by atoms with Gasteiger partial charge in [-0.25, -0.2) is 0 Å². The molecule has 2 heterocycles. The van der Waals surface area contributed by atoms with Gasteiger partial charge in [-0.2, -0.15) is 16.8 Å². The zero-order valence-electron chi connectivity index (χ0n) is 15.6. The molecule has 0 bridgehead atoms. The maximum atomic E-state index is 12.6. The SMILES string of the molecule is COc1ccc2c(c1)sc(=NC(=O)Cc1ccc3c(c1)OCO3)n2CCSC. The van der Waals surface area contributed by atoms with Gasteiger partial charge in [-0.05, 0) is 42.2 Å². The van der Waals surface area contributed by atoms with Gasteiger partial charge in [0.15, 0.2) is 16.3 Å². The number of methoxy groups -OCH3 is 1. The Morgan fingerprint density at radius 3 is 2.93 bits per heavy atom. The molecule has 0 radical (unpaired) electrons. The molecule has 0 atom stereocenters. The van der Waals surface area contributed by atoms with E-state index in [4.69, 9.17) is 14.2 Å². The molecule has 6 nitrogen and oxygen atoms in total. The molecule has 2 aromatic carbocycles. The summed E-state index contributed by atoms with van der Waals surface area (Å²) in [6.07, 6.45) is 2.29. The van der Waals surface area contributed by atoms with E-state index in [0.29, 0.717) is 16.3 Å². The number of hydrogen-bond acceptors (Lipinski definition) is 6. The lowest BCUT2D eigenvalue weighted by molar-refractivity contribution is -0.117. The van der Waals surface area contributed by atoms with Gasteiger partial charge in [-0.3, -0.25) is 4.79 Å². The summed E-state index contributed by atoms with van der Waals surface area (Å²) >= 11 is 3.27. The van der Waals surface area contributed by atoms with Crippen LogP contribution in [0.25, 0.3) is 10.2 Å². The number of benzene rings is 2. The topological polar surface area (TPSA) is 62.1 Å². The van der Waals surface area contributed by atoms with Crippen LogP contribution in [0.4, 0.5) is 0 Å². The van der Waals surface area contributed by atoms with Gasteiger partial charge in [0.2, 0.25) is 6.79 Å². The van der Waals surface area contributed by atoms with Crippen LogP contribution in [0, 0.1) is 0 Å². The number of thioether (sulfide) groups is 1. The fourth-order valence-electron chi connectivity index (χ4n) is 3.04. The third-order valence-electron chi connectivity index (χ3n) is 4.42. The summed E-state index contributed by atoms with van der Waals surface area (Å²) in [5.74, 6) is 2.94. The first-order valence-electron chi connectivity index (χ1n) is 8.80. The average molecular weight is 417 g/mol. The fraction of sp³-hybridized carbons (Fsp3) is 0.300. The molecule has 0 saturated heterocycles. The summed E-state index contributed by atoms with van der Waals surface area (Å²) in [5.41, 5.74) is 1.92. The number of nitrogens with zero attached hydrogens (tertiary/aromatic N) is 2. The molecule has 1 aliphatic heterocycles. The molecule has 0 N–H and O–H groups in total. The highest BCUT2D eigenvalue weighted by Crippen LogP contribution is 2.32. The van der Waals surface area contributed by atoms with E-state index in [-0.39, 0.29) is 19.1 Å². The van der Waals surface area contributed by atoms with Gasteiger partial charge in [0.05, 0.1) is 23.7 Å². The van der Waals surface area contributed by atoms with Crippen molar-refractivity contribution in [3.05, 3.63) is 46.8 Å². The van der Waals surface area contributed by atoms with Crippen LogP contribution in [0.5, 0.6) is 17.2 Å². The van der Waals surface area contributed by atoms with Crippen LogP contribution in [0.3, 0.4) is 0 Å². The molecule has 1 aromatic heterocycles. The number of rotatable bonds is 6. The number of ether oxygens (including phenoxy) is 3. The zero-order chi connectivity index (χ0) is 19.5. The van der Waals surface area contributed by atoms with Crippen molar-refractivity contribution in [3.63, 3.8) is 0 Å². The van der Waals surface area contributed by atoms with Crippen LogP contribution in [0.15, 0.2) is 41.4 Å². The zero-order valence-corrected chi connectivity index (χ0v) is 17.3. The summed E-state index contributed by atoms with van der Waals surface area (Å²) < 4.78 is 19.2. The number of thiazole rings is 1. The number of amides is 1. The maximum Gasteiger partial charge on any atom is 0.252 e. The molecule has 0 spiro atoms. The minimum absolute atomic E-state index is 0.185. The second kappa shape index (κ2) is 8.28. The second-order valence-electron chi connectivity index (χ2n) is 6.23. The van der Waals surface area contributed by atoms with E-state index < -0.39 is 0 Å². The van der Waals surface area contributed by atoms with E-state index in [2.05, 4.69) is 15.8 Å². The van der Waals surface area contributed by atoms with Crippen molar-refractivity contribution in [3.8, 4) is 17.2 Å². The molecule has 0 unspecified atom stereocenters. The molecular formula is C20H20N2O4S2. The molecule has 146 valence electrons. The number of carbonyl (C=O) groups excluding carboxylic acids is 1. The van der Waals surface area contributed by atoms with Gasteiger partial charge in [0, 0.05) is 12.3 Å². The van der Waals surface area contributed by atoms with Crippen molar-refractivity contribution in [2.24, 2.45) is 4.99 Å². The van der Waals surface area contributed by atoms with Crippen molar-refractivity contribution in [1.29, 1.82) is 0 Å². The quantitative estimate of drug-likeness (QED) is 0.616. The number of aromatic nitrogens is 1. The standard InChI is InChI=1S/C20H20N2O4S2/c1-24-14-4-5-15-18(11-14)28-20(22(15)7-8-27-2)21-19(23)10-13-3-6-16-17(9-13)26-12-25-16/h3-6,9,11H,7-8,10,12H2,1-2H3. The molecule has 0 aliphatic carbocycles. The second-order valence-corrected chi connectivity index (χ2v) is 8.23. The van der Waals surface area contributed by atoms with Gasteiger partial charge in [-0.1, -0.05) is 17.4 Å². The predicted molar refractivity (Wildman–Crippen MR) is 112 cm³/mol. The number of fused-ring (bicyclic) bond motifs is 2. The summed E-state index contributed by atoms with van der Waals surface area (Å²) in [6, 6.07) is 11.5. The van der Waals surface area contributed by atoms with E-state index >= 15 is 0 Å². The van der Waals surface area contributed by atoms with E-state index in [1.165, 1.54) is 11.3 Å². The molecule has 28 heavy (non-hydrogen) atoms. The van der Waals surface area contributed by atoms with E-state index in [9.17, 15) is 4.79 Å². The Balaban J connectivity index is 1.65. The summed E-state index contributed by atoms with van der Waals surface area (Å²) in [4.78, 5) is 17.8. The number of aryl methyl sites for hydroxylation is 1. The smallest absolute Gasteiger partial charge is 0.252 e. The molecule has 3 aromatic rings. The predicted octanol–water partition coefficient (Wildman–Crippen LogP) is 3.47. The molecule has 1 aliphatic rings. The Labute approximate surface area is 170 Å². The molecule has 8 heteroatoms. The van der Waals surface area contributed by atoms with Gasteiger partial charge >= 0.3 is 0 Å². The minimum atomic E-state index is -0.185. The average Bonchev–Trinajstić information content (AvgIpc) is 3.29. The van der Waals surface area contributed by atoms with Gasteiger partial charge in [-0.15, -0.1) is 0 Å². The van der Waals surface area contributed by atoms with E-state index in [1.54, 1.807) is 18.9 Å². The van der Waals surface area contributed by atoms with Crippen LogP contribution in [-0.4, -0.2) is 36.4 Å². The Hall–Kier alpha value is -2.45. The lowest BCUT2D eigenvalue weighted by atomic mass is 10.1. The first kappa shape index (κ1) is 18.9. The van der Waals surface area contributed by atoms with Gasteiger partial charge in [0.25, 0.3) is 5.91 Å². The first-order chi connectivity index (χ1) is 13.7. The van der Waals surface area contributed by atoms with Crippen molar-refractivity contribution >= 4 is 39.2 Å². The summed E-state index contributed by atoms with van der Waals surface area (Å²) in [6.45, 7) is 1.02. The largest absolute Gasteiger partial charge is 0.497 e. The first-order valence-corrected chi connectivity index (χ1v) is 11.0. The van der Waals surface area contributed by atoms with Crippen LogP contribution < -0.4 is 19.0 Å². The van der Waals surface area contributed by atoms with E-state index in [0.717, 1.165) is 33.8 Å². The lowest BCUT2D eigenvalue weighted by Gasteiger charge is -2.05. The molecule has 1 amide bonds. The molecule has 0 saturated carbocycles. The highest BCUT2D eigenvalue weighted by atomic mass is 32.2. The van der Waals surface area contributed by atoms with Crippen molar-refractivity contribution in [1.82, 2.24) is 4.57 Å². The highest BCUT2D eigenvalue weighted by Gasteiger charge is 2.15. The maximum absolute atomic E-state index is 12.6. The summed E-state index contributed by atoms with van der Waals surface area (Å²) in [5, 5.41) is 0. The molecule has 0 fully saturated rings.